The highest BCUT2D eigenvalue weighted by Crippen LogP contribution is 2.27. The molecule has 1 aromatic heterocycles. The van der Waals surface area contributed by atoms with Crippen molar-refractivity contribution >= 4 is 35.0 Å². The Bertz CT molecular complexity index is 995. The van der Waals surface area contributed by atoms with Crippen LogP contribution in [-0.2, 0) is 4.79 Å². The molecule has 3 rings (SSSR count). The Balaban J connectivity index is 1.62. The molecule has 0 saturated carbocycles. The van der Waals surface area contributed by atoms with Gasteiger partial charge in [-0.05, 0) is 55.5 Å². The molecule has 29 heavy (non-hydrogen) atoms. The van der Waals surface area contributed by atoms with Crippen molar-refractivity contribution in [1.29, 1.82) is 0 Å². The molecule has 1 heterocycles. The second kappa shape index (κ2) is 9.75. The summed E-state index contributed by atoms with van der Waals surface area (Å²) in [5.41, 5.74) is 1.87. The number of thioether (sulfide) groups is 1. The Morgan fingerprint density at radius 1 is 0.966 bits per heavy atom. The van der Waals surface area contributed by atoms with E-state index in [1.165, 1.54) is 11.8 Å². The lowest BCUT2D eigenvalue weighted by atomic mass is 10.2. The number of hydrogen-bond acceptors (Lipinski definition) is 5. The highest BCUT2D eigenvalue weighted by atomic mass is 32.2. The zero-order chi connectivity index (χ0) is 20.6. The van der Waals surface area contributed by atoms with Gasteiger partial charge in [-0.3, -0.25) is 14.6 Å². The predicted molar refractivity (Wildman–Crippen MR) is 116 cm³/mol. The molecule has 6 nitrogen and oxygen atoms in total. The van der Waals surface area contributed by atoms with E-state index in [9.17, 15) is 9.59 Å². The molecule has 0 aliphatic carbocycles. The number of aromatic nitrogens is 1. The fourth-order valence-corrected chi connectivity index (χ4v) is 3.48. The summed E-state index contributed by atoms with van der Waals surface area (Å²) in [5, 5.41) is 5.42. The molecule has 0 aliphatic heterocycles. The van der Waals surface area contributed by atoms with Gasteiger partial charge in [0.2, 0.25) is 5.91 Å². The first-order chi connectivity index (χ1) is 14.0. The summed E-state index contributed by atoms with van der Waals surface area (Å²) >= 11 is 1.42. The van der Waals surface area contributed by atoms with Gasteiger partial charge >= 0.3 is 0 Å². The van der Waals surface area contributed by atoms with Crippen LogP contribution in [0.15, 0.2) is 78.0 Å². The summed E-state index contributed by atoms with van der Waals surface area (Å²) < 4.78 is 5.16. The Hall–Kier alpha value is -3.32. The summed E-state index contributed by atoms with van der Waals surface area (Å²) in [4.78, 5) is 29.7. The van der Waals surface area contributed by atoms with Crippen molar-refractivity contribution in [2.45, 2.75) is 17.1 Å². The van der Waals surface area contributed by atoms with Crippen molar-refractivity contribution in [2.75, 3.05) is 17.7 Å². The van der Waals surface area contributed by atoms with Crippen LogP contribution in [0.4, 0.5) is 11.4 Å². The molecular formula is C22H21N3O3S. The lowest BCUT2D eigenvalue weighted by Gasteiger charge is -2.13. The second-order valence-corrected chi connectivity index (χ2v) is 7.61. The topological polar surface area (TPSA) is 80.3 Å². The van der Waals surface area contributed by atoms with E-state index in [0.717, 1.165) is 4.90 Å². The van der Waals surface area contributed by atoms with Crippen LogP contribution in [-0.4, -0.2) is 29.2 Å². The number of anilines is 2. The van der Waals surface area contributed by atoms with E-state index in [1.54, 1.807) is 55.9 Å². The number of ether oxygens (including phenoxy) is 1. The van der Waals surface area contributed by atoms with Crippen molar-refractivity contribution in [3.8, 4) is 5.75 Å². The van der Waals surface area contributed by atoms with Crippen molar-refractivity contribution in [3.05, 3.63) is 78.6 Å². The molecule has 7 heteroatoms. The van der Waals surface area contributed by atoms with Crippen LogP contribution in [0.5, 0.6) is 5.75 Å². The van der Waals surface area contributed by atoms with Crippen molar-refractivity contribution < 1.29 is 14.3 Å². The molecule has 3 aromatic rings. The van der Waals surface area contributed by atoms with E-state index in [2.05, 4.69) is 15.6 Å². The largest absolute Gasteiger partial charge is 0.497 e. The molecule has 0 bridgehead atoms. The quantitative estimate of drug-likeness (QED) is 0.565. The third-order valence-electron chi connectivity index (χ3n) is 4.05. The van der Waals surface area contributed by atoms with Crippen LogP contribution < -0.4 is 15.4 Å². The molecule has 0 radical (unpaired) electrons. The van der Waals surface area contributed by atoms with Crippen molar-refractivity contribution in [1.82, 2.24) is 4.98 Å². The van der Waals surface area contributed by atoms with E-state index in [0.29, 0.717) is 22.7 Å². The molecule has 2 aromatic carbocycles. The number of carbonyl (C=O) groups is 2. The molecule has 2 N–H and O–H groups in total. The number of methoxy groups -OCH3 is 1. The van der Waals surface area contributed by atoms with Crippen molar-refractivity contribution in [2.24, 2.45) is 0 Å². The van der Waals surface area contributed by atoms with Gasteiger partial charge in [0, 0.05) is 34.2 Å². The first-order valence-electron chi connectivity index (χ1n) is 8.98. The number of nitrogens with one attached hydrogen (secondary N) is 2. The first kappa shape index (κ1) is 20.4. The minimum absolute atomic E-state index is 0.105. The highest BCUT2D eigenvalue weighted by Gasteiger charge is 2.15. The normalized spacial score (nSPS) is 11.4. The van der Waals surface area contributed by atoms with E-state index in [-0.39, 0.29) is 17.1 Å². The minimum Gasteiger partial charge on any atom is -0.497 e. The Kier molecular flexibility index (Phi) is 6.86. The average molecular weight is 407 g/mol. The second-order valence-electron chi connectivity index (χ2n) is 6.20. The van der Waals surface area contributed by atoms with Crippen LogP contribution in [0, 0.1) is 0 Å². The Labute approximate surface area is 173 Å². The molecule has 2 amide bonds. The standard InChI is InChI=1S/C22H21N3O3S/c1-15(21(26)24-17-9-11-23-12-10-17)29-20-8-4-6-18(14-20)25-22(27)16-5-3-7-19(13-16)28-2/h3-15H,1-2H3,(H,25,27)(H,23,24,26). The van der Waals surface area contributed by atoms with Gasteiger partial charge in [0.25, 0.3) is 5.91 Å². The van der Waals surface area contributed by atoms with E-state index in [4.69, 9.17) is 4.74 Å². The third-order valence-corrected chi connectivity index (χ3v) is 5.15. The number of amides is 2. The maximum absolute atomic E-state index is 12.5. The maximum atomic E-state index is 12.5. The lowest BCUT2D eigenvalue weighted by molar-refractivity contribution is -0.115. The number of nitrogens with zero attached hydrogens (tertiary/aromatic N) is 1. The lowest BCUT2D eigenvalue weighted by Crippen LogP contribution is -2.22. The fourth-order valence-electron chi connectivity index (χ4n) is 2.55. The summed E-state index contributed by atoms with van der Waals surface area (Å²) in [5.74, 6) is 0.289. The zero-order valence-electron chi connectivity index (χ0n) is 16.1. The average Bonchev–Trinajstić information content (AvgIpc) is 2.74. The van der Waals surface area contributed by atoms with Gasteiger partial charge in [0.15, 0.2) is 0 Å². The minimum atomic E-state index is -0.312. The van der Waals surface area contributed by atoms with Crippen LogP contribution in [0.1, 0.15) is 17.3 Å². The molecule has 148 valence electrons. The number of hydrogen-bond donors (Lipinski definition) is 2. The monoisotopic (exact) mass is 407 g/mol. The number of pyridine rings is 1. The summed E-state index contributed by atoms with van der Waals surface area (Å²) in [6.45, 7) is 1.84. The van der Waals surface area contributed by atoms with Crippen molar-refractivity contribution in [3.63, 3.8) is 0 Å². The number of carbonyl (C=O) groups excluding carboxylic acids is 2. The van der Waals surface area contributed by atoms with Crippen LogP contribution in [0.25, 0.3) is 0 Å². The van der Waals surface area contributed by atoms with Crippen LogP contribution in [0.3, 0.4) is 0 Å². The molecule has 0 fully saturated rings. The molecule has 0 saturated heterocycles. The van der Waals surface area contributed by atoms with E-state index < -0.39 is 0 Å². The molecule has 0 spiro atoms. The molecule has 1 unspecified atom stereocenters. The smallest absolute Gasteiger partial charge is 0.255 e. The van der Waals surface area contributed by atoms with E-state index in [1.807, 2.05) is 31.2 Å². The van der Waals surface area contributed by atoms with Gasteiger partial charge in [0.05, 0.1) is 12.4 Å². The molecule has 0 aliphatic rings. The van der Waals surface area contributed by atoms with Gasteiger partial charge in [-0.25, -0.2) is 0 Å². The van der Waals surface area contributed by atoms with Gasteiger partial charge in [-0.15, -0.1) is 11.8 Å². The van der Waals surface area contributed by atoms with Crippen LogP contribution >= 0.6 is 11.8 Å². The predicted octanol–water partition coefficient (Wildman–Crippen LogP) is 4.46. The Morgan fingerprint density at radius 2 is 1.72 bits per heavy atom. The third kappa shape index (κ3) is 5.83. The zero-order valence-corrected chi connectivity index (χ0v) is 16.9. The molecule has 1 atom stereocenters. The van der Waals surface area contributed by atoms with Gasteiger partial charge in [-0.1, -0.05) is 12.1 Å². The van der Waals surface area contributed by atoms with E-state index >= 15 is 0 Å². The number of rotatable bonds is 7. The van der Waals surface area contributed by atoms with Gasteiger partial charge < -0.3 is 15.4 Å². The van der Waals surface area contributed by atoms with Gasteiger partial charge in [-0.2, -0.15) is 0 Å². The molecular weight excluding hydrogens is 386 g/mol. The van der Waals surface area contributed by atoms with Gasteiger partial charge in [0.1, 0.15) is 5.75 Å². The maximum Gasteiger partial charge on any atom is 0.255 e. The van der Waals surface area contributed by atoms with Crippen LogP contribution in [0.2, 0.25) is 0 Å². The fraction of sp³-hybridized carbons (Fsp3) is 0.136. The number of benzene rings is 2. The highest BCUT2D eigenvalue weighted by molar-refractivity contribution is 8.00. The summed E-state index contributed by atoms with van der Waals surface area (Å²) in [7, 11) is 1.56. The summed E-state index contributed by atoms with van der Waals surface area (Å²) in [6.07, 6.45) is 3.25. The SMILES string of the molecule is COc1cccc(C(=O)Nc2cccc(SC(C)C(=O)Nc3ccncc3)c2)c1. The first-order valence-corrected chi connectivity index (χ1v) is 9.86. The Morgan fingerprint density at radius 3 is 2.48 bits per heavy atom. The summed E-state index contributed by atoms with van der Waals surface area (Å²) in [6, 6.07) is 17.8.